The van der Waals surface area contributed by atoms with Crippen LogP contribution in [0, 0.1) is 40.4 Å². The first-order chi connectivity index (χ1) is 15.2. The highest BCUT2D eigenvalue weighted by Gasteiger charge is 2.90. The maximum atomic E-state index is 11.9. The zero-order valence-electron chi connectivity index (χ0n) is 19.0. The van der Waals surface area contributed by atoms with Gasteiger partial charge in [-0.15, -0.1) is 0 Å². The lowest BCUT2D eigenvalue weighted by atomic mass is 9.42. The Kier molecular flexibility index (Phi) is 4.42. The second-order valence-corrected chi connectivity index (χ2v) is 13.9. The molecular weight excluding hydrogens is 476 g/mol. The van der Waals surface area contributed by atoms with Crippen LogP contribution in [0.5, 0.6) is 0 Å². The molecule has 0 radical (unpaired) electrons. The van der Waals surface area contributed by atoms with Crippen molar-refractivity contribution >= 4 is 20.8 Å². The van der Waals surface area contributed by atoms with Crippen LogP contribution in [-0.2, 0) is 37.5 Å². The number of rotatable bonds is 1. The molecule has 6 aliphatic rings. The fraction of sp³-hybridized carbons (Fsp3) is 1.00. The van der Waals surface area contributed by atoms with E-state index in [-0.39, 0.29) is 23.7 Å². The van der Waals surface area contributed by atoms with Gasteiger partial charge < -0.3 is 10.2 Å². The van der Waals surface area contributed by atoms with Gasteiger partial charge in [0.2, 0.25) is 5.79 Å². The van der Waals surface area contributed by atoms with Crippen LogP contribution < -0.4 is 0 Å². The van der Waals surface area contributed by atoms with E-state index in [0.29, 0.717) is 18.3 Å². The summed E-state index contributed by atoms with van der Waals surface area (Å²) in [4.78, 5) is 0. The summed E-state index contributed by atoms with van der Waals surface area (Å²) in [7, 11) is -8.96. The van der Waals surface area contributed by atoms with Gasteiger partial charge in [-0.25, -0.2) is 8.37 Å². The molecule has 12 heteroatoms. The number of fused-ring (bicyclic) bond motifs is 6. The molecule has 2 aliphatic heterocycles. The molecule has 0 amide bonds. The van der Waals surface area contributed by atoms with Crippen LogP contribution in [-0.4, -0.2) is 44.4 Å². The third-order valence-corrected chi connectivity index (χ3v) is 12.6. The Morgan fingerprint density at radius 3 is 2.06 bits per heavy atom. The Balaban J connectivity index is 1.43. The van der Waals surface area contributed by atoms with Gasteiger partial charge >= 0.3 is 26.6 Å². The Morgan fingerprint density at radius 2 is 1.48 bits per heavy atom. The molecule has 2 heterocycles. The topological polar surface area (TPSA) is 146 Å². The average Bonchev–Trinajstić information content (AvgIpc) is 3.01. The molecule has 0 aromatic carbocycles. The van der Waals surface area contributed by atoms with Crippen LogP contribution in [0.25, 0.3) is 0 Å². The van der Waals surface area contributed by atoms with Gasteiger partial charge in [-0.3, -0.25) is 0 Å². The Labute approximate surface area is 194 Å². The maximum Gasteiger partial charge on any atom is 0.406 e. The fourth-order valence-corrected chi connectivity index (χ4v) is 11.3. The predicted octanol–water partition coefficient (Wildman–Crippen LogP) is 1.93. The highest BCUT2D eigenvalue weighted by atomic mass is 32.3. The van der Waals surface area contributed by atoms with E-state index in [0.717, 1.165) is 32.1 Å². The van der Waals surface area contributed by atoms with Crippen molar-refractivity contribution in [3.8, 4) is 0 Å². The smallest absolute Gasteiger partial charge is 0.361 e. The zero-order valence-corrected chi connectivity index (χ0v) is 20.7. The normalized spacial score (nSPS) is 51.6. The minimum atomic E-state index is -4.55. The van der Waals surface area contributed by atoms with Crippen molar-refractivity contribution in [2.24, 2.45) is 40.4 Å². The SMILES string of the molecule is CC[C@H]1CC[C@H]2[C@@H]3CC[C@H]4CC5(OS(=O)(=O)O5)C5(OS(=O)(=O)O5)C(O)(O)[C@]4(C)[C@H]3CC[C@]12C. The van der Waals surface area contributed by atoms with Crippen LogP contribution in [0.3, 0.4) is 0 Å². The van der Waals surface area contributed by atoms with E-state index >= 15 is 0 Å². The lowest BCUT2D eigenvalue weighted by molar-refractivity contribution is -0.517. The Morgan fingerprint density at radius 1 is 0.848 bits per heavy atom. The van der Waals surface area contributed by atoms with Gasteiger partial charge in [0.1, 0.15) is 0 Å². The second kappa shape index (κ2) is 6.31. The second-order valence-electron chi connectivity index (χ2n) is 11.6. The quantitative estimate of drug-likeness (QED) is 0.504. The molecule has 2 N–H and O–H groups in total. The summed E-state index contributed by atoms with van der Waals surface area (Å²) in [6.45, 7) is 6.36. The molecule has 33 heavy (non-hydrogen) atoms. The van der Waals surface area contributed by atoms with Gasteiger partial charge in [0.15, 0.2) is 0 Å². The standard InChI is InChI=1S/C21H32O10S2/c1-4-12-6-8-15-14-7-5-13-11-19(28-32(24,25)29-19)21(30-33(26,27)31-21)20(22,23)18(13,3)16(14)9-10-17(12,15)2/h12-16,22-23H,4-11H2,1-3H3/t12-,13-,14-,15-,16-,17+,18-/m0/s1. The summed E-state index contributed by atoms with van der Waals surface area (Å²) in [5, 5.41) is 23.5. The minimum absolute atomic E-state index is 0.0795. The molecule has 0 aromatic rings. The number of hydrogen-bond donors (Lipinski definition) is 2. The van der Waals surface area contributed by atoms with Gasteiger partial charge in [0, 0.05) is 11.8 Å². The summed E-state index contributed by atoms with van der Waals surface area (Å²) in [6.07, 6.45) is 6.53. The van der Waals surface area contributed by atoms with Gasteiger partial charge in [-0.1, -0.05) is 27.2 Å². The van der Waals surface area contributed by atoms with Crippen LogP contribution in [0.4, 0.5) is 0 Å². The van der Waals surface area contributed by atoms with Crippen LogP contribution in [0.1, 0.15) is 72.1 Å². The molecule has 6 rings (SSSR count). The molecule has 0 unspecified atom stereocenters. The highest BCUT2D eigenvalue weighted by molar-refractivity contribution is 7.83. The third kappa shape index (κ3) is 2.49. The van der Waals surface area contributed by atoms with Crippen LogP contribution in [0.15, 0.2) is 0 Å². The monoisotopic (exact) mass is 508 g/mol. The van der Waals surface area contributed by atoms with E-state index in [2.05, 4.69) is 13.8 Å². The van der Waals surface area contributed by atoms with E-state index < -0.39 is 49.5 Å². The van der Waals surface area contributed by atoms with E-state index in [1.807, 2.05) is 0 Å². The molecule has 10 nitrogen and oxygen atoms in total. The van der Waals surface area contributed by atoms with E-state index in [1.54, 1.807) is 6.92 Å². The first kappa shape index (κ1) is 23.1. The molecule has 4 aliphatic carbocycles. The van der Waals surface area contributed by atoms with Crippen LogP contribution >= 0.6 is 0 Å². The van der Waals surface area contributed by atoms with Gasteiger partial charge in [-0.2, -0.15) is 25.2 Å². The van der Waals surface area contributed by atoms with E-state index in [1.165, 1.54) is 6.42 Å². The minimum Gasteiger partial charge on any atom is -0.361 e. The fourth-order valence-electron chi connectivity index (χ4n) is 9.20. The molecule has 188 valence electrons. The number of aliphatic hydroxyl groups is 2. The van der Waals surface area contributed by atoms with Gasteiger partial charge in [0.05, 0.1) is 0 Å². The van der Waals surface area contributed by atoms with Gasteiger partial charge in [0.25, 0.3) is 5.79 Å². The highest BCUT2D eigenvalue weighted by Crippen LogP contribution is 2.74. The van der Waals surface area contributed by atoms with E-state index in [9.17, 15) is 27.0 Å². The van der Waals surface area contributed by atoms with Crippen molar-refractivity contribution < 1.29 is 43.8 Å². The third-order valence-electron chi connectivity index (χ3n) is 10.7. The summed E-state index contributed by atoms with van der Waals surface area (Å²) < 4.78 is 67.4. The Bertz CT molecular complexity index is 1080. The van der Waals surface area contributed by atoms with E-state index in [4.69, 9.17) is 16.7 Å². The Hall–Kier alpha value is -0.340. The van der Waals surface area contributed by atoms with Crippen molar-refractivity contribution in [2.75, 3.05) is 0 Å². The summed E-state index contributed by atoms with van der Waals surface area (Å²) in [5.41, 5.74) is -1.00. The predicted molar refractivity (Wildman–Crippen MR) is 111 cm³/mol. The van der Waals surface area contributed by atoms with Crippen molar-refractivity contribution in [1.29, 1.82) is 0 Å². The first-order valence-electron chi connectivity index (χ1n) is 11.9. The van der Waals surface area contributed by atoms with Crippen molar-refractivity contribution in [1.82, 2.24) is 0 Å². The van der Waals surface area contributed by atoms with Gasteiger partial charge in [-0.05, 0) is 73.5 Å². The summed E-state index contributed by atoms with van der Waals surface area (Å²) in [5.74, 6) is -7.02. The molecule has 2 spiro atoms. The lowest BCUT2D eigenvalue weighted by Gasteiger charge is -2.71. The summed E-state index contributed by atoms with van der Waals surface area (Å²) in [6, 6.07) is 0. The van der Waals surface area contributed by atoms with Crippen LogP contribution in [0.2, 0.25) is 0 Å². The molecule has 4 saturated carbocycles. The average molecular weight is 509 g/mol. The molecular formula is C21H32O10S2. The molecule has 0 bridgehead atoms. The molecule has 6 fully saturated rings. The lowest BCUT2D eigenvalue weighted by Crippen LogP contribution is -2.89. The van der Waals surface area contributed by atoms with Crippen molar-refractivity contribution in [2.45, 2.75) is 89.5 Å². The van der Waals surface area contributed by atoms with Crippen molar-refractivity contribution in [3.63, 3.8) is 0 Å². The molecule has 0 aromatic heterocycles. The molecule has 7 atom stereocenters. The molecule has 2 saturated heterocycles. The zero-order chi connectivity index (χ0) is 23.9. The first-order valence-corrected chi connectivity index (χ1v) is 14.6. The maximum absolute atomic E-state index is 11.9. The largest absolute Gasteiger partial charge is 0.406 e. The van der Waals surface area contributed by atoms with Crippen molar-refractivity contribution in [3.05, 3.63) is 0 Å². The number of hydrogen-bond acceptors (Lipinski definition) is 10. The summed E-state index contributed by atoms with van der Waals surface area (Å²) >= 11 is 0.